The fourth-order valence-electron chi connectivity index (χ4n) is 4.27. The lowest BCUT2D eigenvalue weighted by molar-refractivity contribution is -0.0241. The largest absolute Gasteiger partial charge is 0.460 e. The first kappa shape index (κ1) is 15.6. The van der Waals surface area contributed by atoms with E-state index in [0.29, 0.717) is 0 Å². The van der Waals surface area contributed by atoms with Gasteiger partial charge in [0, 0.05) is 42.6 Å². The van der Waals surface area contributed by atoms with Crippen molar-refractivity contribution in [3.8, 4) is 5.75 Å². The quantitative estimate of drug-likeness (QED) is 0.905. The maximum atomic E-state index is 6.26. The number of rotatable bonds is 2. The molecule has 0 saturated heterocycles. The van der Waals surface area contributed by atoms with Gasteiger partial charge in [-0.15, -0.1) is 0 Å². The van der Waals surface area contributed by atoms with Gasteiger partial charge >= 0.3 is 0 Å². The van der Waals surface area contributed by atoms with E-state index in [1.165, 1.54) is 29.7 Å². The van der Waals surface area contributed by atoms with Crippen LogP contribution in [0.25, 0.3) is 6.08 Å². The number of hydrogen-bond acceptors (Lipinski definition) is 4. The Morgan fingerprint density at radius 1 is 1.38 bits per heavy atom. The van der Waals surface area contributed by atoms with Gasteiger partial charge in [0.2, 0.25) is 6.29 Å². The molecule has 0 fully saturated rings. The van der Waals surface area contributed by atoms with Crippen LogP contribution in [0.1, 0.15) is 43.4 Å². The van der Waals surface area contributed by atoms with Crippen molar-refractivity contribution in [3.63, 3.8) is 0 Å². The lowest BCUT2D eigenvalue weighted by atomic mass is 9.74. The summed E-state index contributed by atoms with van der Waals surface area (Å²) < 4.78 is 11.8. The maximum Gasteiger partial charge on any atom is 0.226 e. The van der Waals surface area contributed by atoms with Gasteiger partial charge in [-0.3, -0.25) is 0 Å². The summed E-state index contributed by atoms with van der Waals surface area (Å²) in [6.45, 7) is 7.00. The number of benzene rings is 1. The van der Waals surface area contributed by atoms with Crippen molar-refractivity contribution < 1.29 is 9.47 Å². The highest BCUT2D eigenvalue weighted by molar-refractivity contribution is 5.78. The van der Waals surface area contributed by atoms with E-state index in [9.17, 15) is 0 Å². The lowest BCUT2D eigenvalue weighted by Crippen LogP contribution is -2.41. The van der Waals surface area contributed by atoms with Crippen LogP contribution in [0.4, 0.5) is 5.69 Å². The molecule has 3 aliphatic rings. The van der Waals surface area contributed by atoms with Gasteiger partial charge in [-0.1, -0.05) is 13.8 Å². The second-order valence-electron chi connectivity index (χ2n) is 7.58. The molecule has 2 N–H and O–H groups in total. The minimum atomic E-state index is -0.390. The Morgan fingerprint density at radius 2 is 2.21 bits per heavy atom. The van der Waals surface area contributed by atoms with E-state index >= 15 is 0 Å². The van der Waals surface area contributed by atoms with Crippen LogP contribution in [0.3, 0.4) is 0 Å². The van der Waals surface area contributed by atoms with E-state index in [0.717, 1.165) is 36.4 Å². The second-order valence-corrected chi connectivity index (χ2v) is 7.58. The van der Waals surface area contributed by atoms with Crippen molar-refractivity contribution >= 4 is 11.8 Å². The molecular weight excluding hydrogens is 300 g/mol. The van der Waals surface area contributed by atoms with Gasteiger partial charge in [0.1, 0.15) is 5.75 Å². The standard InChI is InChI=1S/C20H26N2O2/c1-20(2)7-10-22-9-4-5-15-17(22)16(20)12-14-11-13(6-8-21)19(23-3)24-18(14)15/h6,8,11-12,19H,4-5,7,9-10,21H2,1-3H3/b8-6+. The minimum Gasteiger partial charge on any atom is -0.460 e. The maximum absolute atomic E-state index is 6.26. The molecule has 1 aromatic rings. The molecule has 1 atom stereocenters. The molecule has 4 rings (SSSR count). The van der Waals surface area contributed by atoms with Crippen molar-refractivity contribution in [2.45, 2.75) is 44.8 Å². The molecule has 4 nitrogen and oxygen atoms in total. The first-order valence-corrected chi connectivity index (χ1v) is 8.80. The molecule has 0 saturated carbocycles. The van der Waals surface area contributed by atoms with Gasteiger partial charge in [0.25, 0.3) is 0 Å². The summed E-state index contributed by atoms with van der Waals surface area (Å²) in [5, 5.41) is 0. The Labute approximate surface area is 143 Å². The van der Waals surface area contributed by atoms with E-state index in [1.54, 1.807) is 13.3 Å². The molecule has 3 aliphatic heterocycles. The molecule has 1 aromatic carbocycles. The highest BCUT2D eigenvalue weighted by atomic mass is 16.7. The van der Waals surface area contributed by atoms with Crippen LogP contribution in [-0.2, 0) is 16.6 Å². The van der Waals surface area contributed by atoms with E-state index < -0.39 is 6.29 Å². The van der Waals surface area contributed by atoms with Gasteiger partial charge in [-0.05, 0) is 54.7 Å². The zero-order valence-corrected chi connectivity index (χ0v) is 14.8. The van der Waals surface area contributed by atoms with Gasteiger partial charge in [-0.2, -0.15) is 0 Å². The third kappa shape index (κ3) is 2.24. The fraction of sp³-hybridized carbons (Fsp3) is 0.500. The van der Waals surface area contributed by atoms with E-state index in [1.807, 2.05) is 6.08 Å². The van der Waals surface area contributed by atoms with E-state index in [-0.39, 0.29) is 5.41 Å². The highest BCUT2D eigenvalue weighted by Gasteiger charge is 2.38. The topological polar surface area (TPSA) is 47.7 Å². The smallest absolute Gasteiger partial charge is 0.226 e. The Bertz CT molecular complexity index is 734. The molecule has 3 heterocycles. The molecule has 4 heteroatoms. The number of hydrogen-bond donors (Lipinski definition) is 1. The number of nitrogens with zero attached hydrogens (tertiary/aromatic N) is 1. The SMILES string of the molecule is COC1Oc2c(cc3c4c2CCCN4CCC3(C)C)C=C1/C=C/N. The molecule has 0 amide bonds. The Morgan fingerprint density at radius 3 is 2.96 bits per heavy atom. The number of ether oxygens (including phenoxy) is 2. The summed E-state index contributed by atoms with van der Waals surface area (Å²) in [6, 6.07) is 2.32. The van der Waals surface area contributed by atoms with Gasteiger partial charge in [0.15, 0.2) is 0 Å². The minimum absolute atomic E-state index is 0.197. The van der Waals surface area contributed by atoms with Crippen LogP contribution >= 0.6 is 0 Å². The summed E-state index contributed by atoms with van der Waals surface area (Å²) in [6.07, 6.45) is 8.63. The van der Waals surface area contributed by atoms with Crippen LogP contribution in [0, 0.1) is 0 Å². The first-order chi connectivity index (χ1) is 11.5. The Kier molecular flexibility index (Phi) is 3.61. The van der Waals surface area contributed by atoms with Crippen LogP contribution in [0.5, 0.6) is 5.75 Å². The average molecular weight is 326 g/mol. The molecular formula is C20H26N2O2. The lowest BCUT2D eigenvalue weighted by Gasteiger charge is -2.45. The van der Waals surface area contributed by atoms with Crippen molar-refractivity contribution in [3.05, 3.63) is 40.6 Å². The predicted molar refractivity (Wildman–Crippen MR) is 97.3 cm³/mol. The van der Waals surface area contributed by atoms with E-state index in [2.05, 4.69) is 30.9 Å². The monoisotopic (exact) mass is 326 g/mol. The van der Waals surface area contributed by atoms with Crippen molar-refractivity contribution in [1.29, 1.82) is 0 Å². The molecule has 24 heavy (non-hydrogen) atoms. The van der Waals surface area contributed by atoms with Crippen molar-refractivity contribution in [1.82, 2.24) is 0 Å². The Balaban J connectivity index is 1.94. The molecule has 128 valence electrons. The zero-order valence-electron chi connectivity index (χ0n) is 14.8. The van der Waals surface area contributed by atoms with Gasteiger partial charge in [-0.25, -0.2) is 0 Å². The third-order valence-corrected chi connectivity index (χ3v) is 5.61. The van der Waals surface area contributed by atoms with Gasteiger partial charge in [0.05, 0.1) is 0 Å². The molecule has 0 bridgehead atoms. The number of anilines is 1. The number of fused-ring (bicyclic) bond motifs is 2. The summed E-state index contributed by atoms with van der Waals surface area (Å²) in [4.78, 5) is 2.55. The second kappa shape index (κ2) is 5.55. The molecule has 0 aromatic heterocycles. The Hall–Kier alpha value is -1.94. The normalized spacial score (nSPS) is 24.2. The summed E-state index contributed by atoms with van der Waals surface area (Å²) in [7, 11) is 1.67. The summed E-state index contributed by atoms with van der Waals surface area (Å²) >= 11 is 0. The first-order valence-electron chi connectivity index (χ1n) is 8.80. The molecule has 0 aliphatic carbocycles. The van der Waals surface area contributed by atoms with Crippen LogP contribution < -0.4 is 15.4 Å². The molecule has 0 spiro atoms. The van der Waals surface area contributed by atoms with Crippen molar-refractivity contribution in [2.24, 2.45) is 5.73 Å². The van der Waals surface area contributed by atoms with Crippen LogP contribution in [0.15, 0.2) is 23.9 Å². The summed E-state index contributed by atoms with van der Waals surface area (Å²) in [5.74, 6) is 0.997. The molecule has 1 unspecified atom stereocenters. The fourth-order valence-corrected chi connectivity index (χ4v) is 4.27. The summed E-state index contributed by atoms with van der Waals surface area (Å²) in [5.41, 5.74) is 12.1. The van der Waals surface area contributed by atoms with Crippen LogP contribution in [-0.4, -0.2) is 26.5 Å². The zero-order chi connectivity index (χ0) is 16.9. The third-order valence-electron chi connectivity index (χ3n) is 5.61. The number of methoxy groups -OCH3 is 1. The van der Waals surface area contributed by atoms with Gasteiger partial charge < -0.3 is 20.1 Å². The highest BCUT2D eigenvalue weighted by Crippen LogP contribution is 2.50. The predicted octanol–water partition coefficient (Wildman–Crippen LogP) is 3.34. The van der Waals surface area contributed by atoms with Crippen molar-refractivity contribution in [2.75, 3.05) is 25.1 Å². The molecule has 0 radical (unpaired) electrons. The van der Waals surface area contributed by atoms with Crippen LogP contribution in [0.2, 0.25) is 0 Å². The average Bonchev–Trinajstić information content (AvgIpc) is 2.58. The van der Waals surface area contributed by atoms with E-state index in [4.69, 9.17) is 15.2 Å². The number of nitrogens with two attached hydrogens (primary N) is 1.